The Morgan fingerprint density at radius 1 is 1.25 bits per heavy atom. The van der Waals surface area contributed by atoms with Gasteiger partial charge in [0, 0.05) is 19.0 Å². The van der Waals surface area contributed by atoms with Gasteiger partial charge in [-0.25, -0.2) is 0 Å². The molecular weight excluding hydrogens is 308 g/mol. The average Bonchev–Trinajstić information content (AvgIpc) is 3.11. The Hall–Kier alpha value is -2.76. The number of carbonyl (C=O) groups excluding carboxylic acids is 2. The maximum Gasteiger partial charge on any atom is 0.289 e. The number of aromatic hydroxyl groups is 1. The van der Waals surface area contributed by atoms with E-state index in [0.717, 1.165) is 5.56 Å². The number of carbonyl (C=O) groups is 2. The maximum atomic E-state index is 12.4. The third kappa shape index (κ3) is 3.42. The molecule has 6 nitrogen and oxygen atoms in total. The minimum absolute atomic E-state index is 0.0637. The van der Waals surface area contributed by atoms with Crippen LogP contribution in [0.25, 0.3) is 0 Å². The first-order chi connectivity index (χ1) is 11.5. The molecule has 0 radical (unpaired) electrons. The monoisotopic (exact) mass is 328 g/mol. The summed E-state index contributed by atoms with van der Waals surface area (Å²) in [6.07, 6.45) is 2.65. The quantitative estimate of drug-likeness (QED) is 0.849. The summed E-state index contributed by atoms with van der Waals surface area (Å²) in [5, 5.41) is 12.6. The minimum atomic E-state index is -0.175. The summed E-state index contributed by atoms with van der Waals surface area (Å²) >= 11 is 0. The molecule has 2 amide bonds. The van der Waals surface area contributed by atoms with Crippen molar-refractivity contribution in [3.8, 4) is 5.75 Å². The molecule has 0 atom stereocenters. The highest BCUT2D eigenvalue weighted by atomic mass is 16.3. The van der Waals surface area contributed by atoms with Gasteiger partial charge in [0.25, 0.3) is 5.91 Å². The number of anilines is 1. The van der Waals surface area contributed by atoms with E-state index in [-0.39, 0.29) is 23.5 Å². The second kappa shape index (κ2) is 6.78. The topological polar surface area (TPSA) is 82.8 Å². The number of phenols is 1. The third-order valence-corrected chi connectivity index (χ3v) is 4.30. The number of nitrogens with zero attached hydrogens (tertiary/aromatic N) is 1. The van der Waals surface area contributed by atoms with Crippen LogP contribution in [0.1, 0.15) is 29.0 Å². The van der Waals surface area contributed by atoms with Gasteiger partial charge in [-0.2, -0.15) is 0 Å². The van der Waals surface area contributed by atoms with Crippen LogP contribution in [0.3, 0.4) is 0 Å². The van der Waals surface area contributed by atoms with E-state index >= 15 is 0 Å². The number of furan rings is 1. The molecule has 3 rings (SSSR count). The smallest absolute Gasteiger partial charge is 0.289 e. The second-order valence-electron chi connectivity index (χ2n) is 6.05. The second-order valence-corrected chi connectivity index (χ2v) is 6.05. The van der Waals surface area contributed by atoms with Crippen molar-refractivity contribution in [3.05, 3.63) is 47.9 Å². The molecule has 1 fully saturated rings. The highest BCUT2D eigenvalue weighted by Crippen LogP contribution is 2.26. The van der Waals surface area contributed by atoms with Crippen molar-refractivity contribution in [1.29, 1.82) is 0 Å². The van der Waals surface area contributed by atoms with E-state index in [1.807, 2.05) is 13.0 Å². The van der Waals surface area contributed by atoms with Crippen molar-refractivity contribution in [2.45, 2.75) is 19.8 Å². The van der Waals surface area contributed by atoms with Crippen molar-refractivity contribution in [1.82, 2.24) is 4.90 Å². The van der Waals surface area contributed by atoms with E-state index in [2.05, 4.69) is 5.32 Å². The first-order valence-corrected chi connectivity index (χ1v) is 7.98. The first-order valence-electron chi connectivity index (χ1n) is 7.98. The highest BCUT2D eigenvalue weighted by Gasteiger charge is 2.29. The summed E-state index contributed by atoms with van der Waals surface area (Å²) in [7, 11) is 0. The molecule has 1 aromatic carbocycles. The molecule has 0 saturated carbocycles. The van der Waals surface area contributed by atoms with Crippen LogP contribution >= 0.6 is 0 Å². The van der Waals surface area contributed by atoms with E-state index < -0.39 is 0 Å². The normalized spacial score (nSPS) is 15.3. The van der Waals surface area contributed by atoms with Crippen LogP contribution in [0.4, 0.5) is 5.69 Å². The summed E-state index contributed by atoms with van der Waals surface area (Å²) < 4.78 is 5.13. The van der Waals surface area contributed by atoms with Crippen LogP contribution in [0, 0.1) is 12.8 Å². The number of amides is 2. The lowest BCUT2D eigenvalue weighted by Gasteiger charge is -2.30. The number of aryl methyl sites for hydroxylation is 1. The Morgan fingerprint density at radius 3 is 2.62 bits per heavy atom. The molecule has 1 aromatic heterocycles. The van der Waals surface area contributed by atoms with E-state index in [0.29, 0.717) is 37.4 Å². The molecule has 0 unspecified atom stereocenters. The predicted molar refractivity (Wildman–Crippen MR) is 88.8 cm³/mol. The maximum absolute atomic E-state index is 12.4. The van der Waals surface area contributed by atoms with Crippen molar-refractivity contribution < 1.29 is 19.1 Å². The molecule has 1 aliphatic heterocycles. The van der Waals surface area contributed by atoms with Crippen molar-refractivity contribution >= 4 is 17.5 Å². The van der Waals surface area contributed by atoms with Crippen LogP contribution in [-0.4, -0.2) is 34.9 Å². The Kier molecular flexibility index (Phi) is 4.55. The van der Waals surface area contributed by atoms with E-state index in [4.69, 9.17) is 4.42 Å². The summed E-state index contributed by atoms with van der Waals surface area (Å²) in [4.78, 5) is 26.3. The number of benzene rings is 1. The third-order valence-electron chi connectivity index (χ3n) is 4.30. The molecule has 0 bridgehead atoms. The van der Waals surface area contributed by atoms with Gasteiger partial charge in [0.15, 0.2) is 5.76 Å². The molecule has 1 saturated heterocycles. The molecule has 24 heavy (non-hydrogen) atoms. The van der Waals surface area contributed by atoms with Gasteiger partial charge in [-0.05, 0) is 49.6 Å². The average molecular weight is 328 g/mol. The lowest BCUT2D eigenvalue weighted by Crippen LogP contribution is -2.41. The summed E-state index contributed by atoms with van der Waals surface area (Å²) in [5.74, 6) is -0.0584. The first kappa shape index (κ1) is 16.1. The molecule has 126 valence electrons. The lowest BCUT2D eigenvalue weighted by atomic mass is 9.95. The lowest BCUT2D eigenvalue weighted by molar-refractivity contribution is -0.121. The molecule has 0 spiro atoms. The number of likely N-dealkylation sites (tertiary alicyclic amines) is 1. The van der Waals surface area contributed by atoms with Crippen molar-refractivity contribution in [2.75, 3.05) is 18.4 Å². The van der Waals surface area contributed by atoms with Crippen LogP contribution in [0.2, 0.25) is 0 Å². The number of hydrogen-bond donors (Lipinski definition) is 2. The highest BCUT2D eigenvalue weighted by molar-refractivity contribution is 5.94. The molecule has 0 aliphatic carbocycles. The summed E-state index contributed by atoms with van der Waals surface area (Å²) in [5.41, 5.74) is 1.34. The largest absolute Gasteiger partial charge is 0.506 e. The Labute approximate surface area is 140 Å². The van der Waals surface area contributed by atoms with Crippen molar-refractivity contribution in [3.63, 3.8) is 0 Å². The predicted octanol–water partition coefficient (Wildman–Crippen LogP) is 2.78. The SMILES string of the molecule is Cc1ccc(NC(=O)C2CCN(C(=O)c3ccco3)CC2)c(O)c1. The van der Waals surface area contributed by atoms with Crippen LogP contribution in [0.15, 0.2) is 41.0 Å². The van der Waals surface area contributed by atoms with Crippen LogP contribution in [0.5, 0.6) is 5.75 Å². The molecule has 6 heteroatoms. The molecular formula is C18H20N2O4. The van der Waals surface area contributed by atoms with Gasteiger partial charge >= 0.3 is 0 Å². The number of phenolic OH excluding ortho intramolecular Hbond substituents is 1. The standard InChI is InChI=1S/C18H20N2O4/c1-12-4-5-14(15(21)11-12)19-17(22)13-6-8-20(9-7-13)18(23)16-3-2-10-24-16/h2-5,10-11,13,21H,6-9H2,1H3,(H,19,22). The molecule has 2 aromatic rings. The summed E-state index contributed by atoms with van der Waals surface area (Å²) in [6.45, 7) is 2.89. The fourth-order valence-corrected chi connectivity index (χ4v) is 2.88. The fraction of sp³-hybridized carbons (Fsp3) is 0.333. The Bertz CT molecular complexity index is 731. The number of hydrogen-bond acceptors (Lipinski definition) is 4. The molecule has 2 N–H and O–H groups in total. The van der Waals surface area contributed by atoms with E-state index in [1.54, 1.807) is 29.2 Å². The minimum Gasteiger partial charge on any atom is -0.506 e. The zero-order valence-electron chi connectivity index (χ0n) is 13.5. The van der Waals surface area contributed by atoms with Crippen LogP contribution < -0.4 is 5.32 Å². The zero-order valence-corrected chi connectivity index (χ0v) is 13.5. The van der Waals surface area contributed by atoms with Crippen molar-refractivity contribution in [2.24, 2.45) is 5.92 Å². The number of piperidine rings is 1. The van der Waals surface area contributed by atoms with Gasteiger partial charge in [-0.1, -0.05) is 6.07 Å². The van der Waals surface area contributed by atoms with Gasteiger partial charge in [0.1, 0.15) is 5.75 Å². The van der Waals surface area contributed by atoms with Gasteiger partial charge in [-0.3, -0.25) is 9.59 Å². The van der Waals surface area contributed by atoms with Gasteiger partial charge in [0.05, 0.1) is 12.0 Å². The zero-order chi connectivity index (χ0) is 17.1. The van der Waals surface area contributed by atoms with Gasteiger partial charge in [-0.15, -0.1) is 0 Å². The van der Waals surface area contributed by atoms with Gasteiger partial charge < -0.3 is 19.7 Å². The Morgan fingerprint density at radius 2 is 2.00 bits per heavy atom. The van der Waals surface area contributed by atoms with Gasteiger partial charge in [0.2, 0.25) is 5.91 Å². The van der Waals surface area contributed by atoms with E-state index in [9.17, 15) is 14.7 Å². The van der Waals surface area contributed by atoms with Crippen LogP contribution in [-0.2, 0) is 4.79 Å². The summed E-state index contributed by atoms with van der Waals surface area (Å²) in [6, 6.07) is 8.46. The fourth-order valence-electron chi connectivity index (χ4n) is 2.88. The molecule has 2 heterocycles. The number of rotatable bonds is 3. The molecule has 1 aliphatic rings. The Balaban J connectivity index is 1.56. The van der Waals surface area contributed by atoms with E-state index in [1.165, 1.54) is 6.26 Å². The number of nitrogens with one attached hydrogen (secondary N) is 1.